The first-order valence-electron chi connectivity index (χ1n) is 23.7. The first-order valence-corrected chi connectivity index (χ1v) is 20.2. The van der Waals surface area contributed by atoms with Crippen molar-refractivity contribution in [1.82, 2.24) is 14.5 Å². The SMILES string of the molecule is [2H]c1c([2H])c([2H])c2c(-c3nc(-n4c5ccc(-c6ccc(-c7ccccc7)cc6)cc5c5cc6ccccc6cc54)nc4cc(-c5ccc(-c6ccccc6)cc5)ccc34)c([2H])c([2H])c([2H])c2c1[2H]. The van der Waals surface area contributed by atoms with E-state index in [1.165, 1.54) is 0 Å². The maximum absolute atomic E-state index is 9.43. The van der Waals surface area contributed by atoms with Crippen molar-refractivity contribution in [3.8, 4) is 61.7 Å². The maximum Gasteiger partial charge on any atom is 0.235 e. The molecule has 10 aromatic carbocycles. The van der Waals surface area contributed by atoms with Gasteiger partial charge in [0.2, 0.25) is 5.95 Å². The molecule has 0 saturated carbocycles. The predicted octanol–water partition coefficient (Wildman–Crippen LogP) is 15.4. The van der Waals surface area contributed by atoms with Crippen molar-refractivity contribution in [3.63, 3.8) is 0 Å². The lowest BCUT2D eigenvalue weighted by atomic mass is 9.97. The van der Waals surface area contributed by atoms with Crippen molar-refractivity contribution in [2.75, 3.05) is 0 Å². The van der Waals surface area contributed by atoms with Crippen molar-refractivity contribution in [3.05, 3.63) is 224 Å². The Kier molecular flexibility index (Phi) is 6.64. The molecule has 0 spiro atoms. The molecule has 3 heteroatoms. The van der Waals surface area contributed by atoms with Crippen LogP contribution in [0.1, 0.15) is 9.60 Å². The number of fused-ring (bicyclic) bond motifs is 6. The highest BCUT2D eigenvalue weighted by atomic mass is 15.2. The first kappa shape index (κ1) is 28.3. The number of nitrogens with zero attached hydrogens (tertiary/aromatic N) is 3. The molecule has 0 aliphatic carbocycles. The highest BCUT2D eigenvalue weighted by molar-refractivity contribution is 6.14. The van der Waals surface area contributed by atoms with Crippen LogP contribution in [0.4, 0.5) is 0 Å². The van der Waals surface area contributed by atoms with E-state index in [4.69, 9.17) is 16.8 Å². The number of aromatic nitrogens is 3. The number of hydrogen-bond acceptors (Lipinski definition) is 2. The monoisotopic (exact) mass is 782 g/mol. The van der Waals surface area contributed by atoms with Crippen molar-refractivity contribution in [2.24, 2.45) is 0 Å². The third-order valence-electron chi connectivity index (χ3n) is 11.7. The number of benzene rings is 10. The molecular weight excluding hydrogens is 739 g/mol. The smallest absolute Gasteiger partial charge is 0.235 e. The van der Waals surface area contributed by atoms with Gasteiger partial charge in [0.1, 0.15) is 0 Å². The van der Waals surface area contributed by atoms with Crippen LogP contribution in [-0.2, 0) is 0 Å². The molecule has 12 rings (SSSR count). The van der Waals surface area contributed by atoms with Crippen LogP contribution in [0.5, 0.6) is 0 Å². The summed E-state index contributed by atoms with van der Waals surface area (Å²) in [6.07, 6.45) is 0. The van der Waals surface area contributed by atoms with Gasteiger partial charge in [-0.25, -0.2) is 9.97 Å². The van der Waals surface area contributed by atoms with Gasteiger partial charge >= 0.3 is 0 Å². The van der Waals surface area contributed by atoms with Crippen LogP contribution in [0.25, 0.3) is 116 Å². The molecule has 0 N–H and O–H groups in total. The average molecular weight is 783 g/mol. The van der Waals surface area contributed by atoms with E-state index in [1.807, 2.05) is 71.3 Å². The second-order valence-electron chi connectivity index (χ2n) is 15.3. The van der Waals surface area contributed by atoms with Crippen molar-refractivity contribution in [1.29, 1.82) is 0 Å². The van der Waals surface area contributed by atoms with E-state index in [1.54, 1.807) is 0 Å². The second kappa shape index (κ2) is 14.3. The Morgan fingerprint density at radius 2 is 0.869 bits per heavy atom. The Balaban J connectivity index is 1.13. The largest absolute Gasteiger partial charge is 0.278 e. The van der Waals surface area contributed by atoms with Crippen molar-refractivity contribution < 1.29 is 9.60 Å². The van der Waals surface area contributed by atoms with E-state index in [9.17, 15) is 2.74 Å². The van der Waals surface area contributed by atoms with Crippen LogP contribution >= 0.6 is 0 Å². The topological polar surface area (TPSA) is 30.7 Å². The summed E-state index contributed by atoms with van der Waals surface area (Å²) in [5.41, 5.74) is 10.8. The fraction of sp³-hybridized carbons (Fsp3) is 0. The van der Waals surface area contributed by atoms with Gasteiger partial charge in [-0.05, 0) is 102 Å². The van der Waals surface area contributed by atoms with Gasteiger partial charge in [0.25, 0.3) is 0 Å². The molecule has 0 unspecified atom stereocenters. The van der Waals surface area contributed by atoms with Gasteiger partial charge in [0.05, 0.1) is 31.8 Å². The van der Waals surface area contributed by atoms with Crippen LogP contribution in [0.15, 0.2) is 224 Å². The molecule has 0 bridgehead atoms. The van der Waals surface area contributed by atoms with Gasteiger partial charge in [-0.15, -0.1) is 0 Å². The Morgan fingerprint density at radius 3 is 1.56 bits per heavy atom. The van der Waals surface area contributed by atoms with Gasteiger partial charge in [0, 0.05) is 21.7 Å². The molecule has 0 amide bonds. The lowest BCUT2D eigenvalue weighted by molar-refractivity contribution is 1.01. The predicted molar refractivity (Wildman–Crippen MR) is 256 cm³/mol. The first-order chi connectivity index (χ1) is 33.1. The van der Waals surface area contributed by atoms with Crippen LogP contribution < -0.4 is 0 Å². The van der Waals surface area contributed by atoms with E-state index in [0.29, 0.717) is 10.9 Å². The lowest BCUT2D eigenvalue weighted by Crippen LogP contribution is -2.04. The normalized spacial score (nSPS) is 13.2. The second-order valence-corrected chi connectivity index (χ2v) is 15.3. The van der Waals surface area contributed by atoms with Crippen LogP contribution in [-0.4, -0.2) is 14.5 Å². The van der Waals surface area contributed by atoms with E-state index < -0.39 is 36.3 Å². The lowest BCUT2D eigenvalue weighted by Gasteiger charge is -2.14. The number of hydrogen-bond donors (Lipinski definition) is 0. The molecule has 0 radical (unpaired) electrons. The summed E-state index contributed by atoms with van der Waals surface area (Å²) in [5, 5.41) is 4.38. The van der Waals surface area contributed by atoms with Gasteiger partial charge < -0.3 is 0 Å². The zero-order chi connectivity index (χ0) is 46.4. The third-order valence-corrected chi connectivity index (χ3v) is 11.7. The van der Waals surface area contributed by atoms with Crippen molar-refractivity contribution in [2.45, 2.75) is 0 Å². The fourth-order valence-electron chi connectivity index (χ4n) is 8.65. The summed E-state index contributed by atoms with van der Waals surface area (Å²) in [6, 6.07) is 58.9. The molecule has 0 saturated heterocycles. The molecule has 0 atom stereocenters. The van der Waals surface area contributed by atoms with Crippen LogP contribution in [0.2, 0.25) is 0 Å². The summed E-state index contributed by atoms with van der Waals surface area (Å²) in [7, 11) is 0. The minimum Gasteiger partial charge on any atom is -0.278 e. The average Bonchev–Trinajstić information content (AvgIpc) is 3.70. The molecule has 284 valence electrons. The van der Waals surface area contributed by atoms with Crippen molar-refractivity contribution >= 4 is 54.3 Å². The summed E-state index contributed by atoms with van der Waals surface area (Å²) >= 11 is 0. The summed E-state index contributed by atoms with van der Waals surface area (Å²) in [6.45, 7) is 0. The Morgan fingerprint density at radius 1 is 0.344 bits per heavy atom. The molecule has 2 heterocycles. The van der Waals surface area contributed by atoms with E-state index in [-0.39, 0.29) is 34.0 Å². The zero-order valence-electron chi connectivity index (χ0n) is 39.7. The van der Waals surface area contributed by atoms with E-state index >= 15 is 0 Å². The fourth-order valence-corrected chi connectivity index (χ4v) is 8.65. The van der Waals surface area contributed by atoms with Gasteiger partial charge in [-0.1, -0.05) is 188 Å². The minimum atomic E-state index is -0.515. The highest BCUT2D eigenvalue weighted by Gasteiger charge is 2.20. The van der Waals surface area contributed by atoms with E-state index in [2.05, 4.69) is 115 Å². The highest BCUT2D eigenvalue weighted by Crippen LogP contribution is 2.40. The molecular formula is C58H37N3. The molecule has 12 aromatic rings. The summed E-state index contributed by atoms with van der Waals surface area (Å²) < 4.78 is 64.6. The Hall–Kier alpha value is -8.14. The minimum absolute atomic E-state index is 0.0362. The van der Waals surface area contributed by atoms with Gasteiger partial charge in [-0.3, -0.25) is 4.57 Å². The summed E-state index contributed by atoms with van der Waals surface area (Å²) in [4.78, 5) is 10.6. The van der Waals surface area contributed by atoms with Crippen LogP contribution in [0.3, 0.4) is 0 Å². The molecule has 3 nitrogen and oxygen atoms in total. The Labute approximate surface area is 363 Å². The van der Waals surface area contributed by atoms with Gasteiger partial charge in [0.15, 0.2) is 0 Å². The molecule has 0 fully saturated rings. The number of rotatable bonds is 6. The maximum atomic E-state index is 9.43. The standard InChI is InChI=1S/C58H37N3/c1-3-12-38(13-4-1)40-22-26-42(27-23-40)47-31-33-55-52(35-47)53-34-45-17-7-8-18-46(45)37-56(53)61(55)58-59-54-36-48(43-28-24-41(25-29-43)39-14-5-2-6-15-39)30-32-51(54)57(60-58)50-21-11-19-44-16-9-10-20-49(44)50/h1-37H/i9D,10D,11D,16D,19D,20D,21D. The van der Waals surface area contributed by atoms with E-state index in [0.717, 1.165) is 77.1 Å². The third kappa shape index (κ3) is 6.06. The summed E-state index contributed by atoms with van der Waals surface area (Å²) in [5.74, 6) is 0.272. The molecule has 0 aliphatic rings. The molecule has 0 aliphatic heterocycles. The van der Waals surface area contributed by atoms with Gasteiger partial charge in [-0.2, -0.15) is 0 Å². The van der Waals surface area contributed by atoms with Crippen LogP contribution in [0, 0.1) is 0 Å². The molecule has 2 aromatic heterocycles. The quantitative estimate of drug-likeness (QED) is 0.168. The Bertz CT molecular complexity index is 4010. The zero-order valence-corrected chi connectivity index (χ0v) is 32.7. The molecule has 61 heavy (non-hydrogen) atoms.